The van der Waals surface area contributed by atoms with Gasteiger partial charge in [0.1, 0.15) is 0 Å². The van der Waals surface area contributed by atoms with Crippen molar-refractivity contribution in [2.45, 2.75) is 60.5 Å². The smallest absolute Gasteiger partial charge is 0.224 e. The van der Waals surface area contributed by atoms with Gasteiger partial charge in [0.15, 0.2) is 0 Å². The van der Waals surface area contributed by atoms with Crippen LogP contribution in [0.15, 0.2) is 0 Å². The molecule has 4 heteroatoms. The molecule has 0 radical (unpaired) electrons. The number of aryl methyl sites for hydroxylation is 1. The average molecular weight is 251 g/mol. The first-order chi connectivity index (χ1) is 8.31. The Morgan fingerprint density at radius 3 is 2.39 bits per heavy atom. The van der Waals surface area contributed by atoms with E-state index in [-0.39, 0.29) is 11.9 Å². The first-order valence-electron chi connectivity index (χ1n) is 6.63. The lowest BCUT2D eigenvalue weighted by Gasteiger charge is -2.09. The fourth-order valence-corrected chi connectivity index (χ4v) is 2.05. The minimum Gasteiger partial charge on any atom is -0.354 e. The Bertz CT molecular complexity index is 419. The Morgan fingerprint density at radius 2 is 1.89 bits per heavy atom. The second kappa shape index (κ2) is 6.03. The topological polar surface area (TPSA) is 46.9 Å². The van der Waals surface area contributed by atoms with E-state index >= 15 is 0 Å². The second-order valence-electron chi connectivity index (χ2n) is 5.62. The van der Waals surface area contributed by atoms with Gasteiger partial charge in [-0.1, -0.05) is 13.8 Å². The van der Waals surface area contributed by atoms with Crippen LogP contribution in [0, 0.1) is 19.8 Å². The predicted octanol–water partition coefficient (Wildman–Crippen LogP) is 2.22. The van der Waals surface area contributed by atoms with Gasteiger partial charge in [-0.05, 0) is 33.6 Å². The highest BCUT2D eigenvalue weighted by atomic mass is 16.1. The summed E-state index contributed by atoms with van der Waals surface area (Å²) in [5, 5.41) is 7.44. The summed E-state index contributed by atoms with van der Waals surface area (Å²) in [4.78, 5) is 11.8. The summed E-state index contributed by atoms with van der Waals surface area (Å²) in [7, 11) is 0. The van der Waals surface area contributed by atoms with Gasteiger partial charge in [-0.2, -0.15) is 5.10 Å². The van der Waals surface area contributed by atoms with Gasteiger partial charge in [-0.3, -0.25) is 9.48 Å². The molecule has 102 valence electrons. The third-order valence-electron chi connectivity index (χ3n) is 2.86. The molecule has 0 aliphatic rings. The molecule has 4 nitrogen and oxygen atoms in total. The molecule has 0 bridgehead atoms. The van der Waals surface area contributed by atoms with Crippen molar-refractivity contribution in [1.82, 2.24) is 15.1 Å². The largest absolute Gasteiger partial charge is 0.354 e. The number of hydrogen-bond acceptors (Lipinski definition) is 2. The predicted molar refractivity (Wildman–Crippen MR) is 73.5 cm³/mol. The maximum Gasteiger partial charge on any atom is 0.224 e. The third kappa shape index (κ3) is 3.86. The van der Waals surface area contributed by atoms with Crippen LogP contribution in [0.2, 0.25) is 0 Å². The molecular weight excluding hydrogens is 226 g/mol. The van der Waals surface area contributed by atoms with Gasteiger partial charge < -0.3 is 5.32 Å². The fraction of sp³-hybridized carbons (Fsp3) is 0.714. The van der Waals surface area contributed by atoms with E-state index in [0.29, 0.717) is 12.3 Å². The lowest BCUT2D eigenvalue weighted by molar-refractivity contribution is -0.120. The molecule has 0 spiro atoms. The Labute approximate surface area is 110 Å². The number of carbonyl (C=O) groups is 1. The van der Waals surface area contributed by atoms with E-state index in [1.807, 2.05) is 32.4 Å². The van der Waals surface area contributed by atoms with Crippen molar-refractivity contribution in [3.8, 4) is 0 Å². The van der Waals surface area contributed by atoms with Gasteiger partial charge in [-0.15, -0.1) is 0 Å². The van der Waals surface area contributed by atoms with Gasteiger partial charge in [0.2, 0.25) is 5.91 Å². The van der Waals surface area contributed by atoms with Gasteiger partial charge in [0, 0.05) is 23.8 Å². The summed E-state index contributed by atoms with van der Waals surface area (Å²) in [5.74, 6) is 0.626. The number of aromatic nitrogens is 2. The lowest BCUT2D eigenvalue weighted by atomic mass is 10.1. The van der Waals surface area contributed by atoms with Crippen molar-refractivity contribution in [2.24, 2.45) is 5.92 Å². The van der Waals surface area contributed by atoms with Crippen LogP contribution in [0.4, 0.5) is 0 Å². The molecule has 0 saturated carbocycles. The Balaban J connectivity index is 2.83. The number of nitrogens with zero attached hydrogens (tertiary/aromatic N) is 2. The monoisotopic (exact) mass is 251 g/mol. The molecule has 1 N–H and O–H groups in total. The van der Waals surface area contributed by atoms with Crippen LogP contribution in [0.5, 0.6) is 0 Å². The highest BCUT2D eigenvalue weighted by molar-refractivity contribution is 5.79. The molecule has 0 aliphatic carbocycles. The van der Waals surface area contributed by atoms with E-state index in [1.165, 1.54) is 0 Å². The molecule has 1 amide bonds. The third-order valence-corrected chi connectivity index (χ3v) is 2.86. The zero-order chi connectivity index (χ0) is 13.9. The molecule has 1 rings (SSSR count). The summed E-state index contributed by atoms with van der Waals surface area (Å²) in [6.07, 6.45) is 0.425. The molecule has 0 saturated heterocycles. The van der Waals surface area contributed by atoms with Crippen LogP contribution in [0.25, 0.3) is 0 Å². The van der Waals surface area contributed by atoms with Gasteiger partial charge in [0.05, 0.1) is 12.1 Å². The quantitative estimate of drug-likeness (QED) is 0.872. The molecule has 0 aliphatic heterocycles. The molecule has 18 heavy (non-hydrogen) atoms. The van der Waals surface area contributed by atoms with E-state index in [1.54, 1.807) is 0 Å². The minimum atomic E-state index is 0.0697. The maximum absolute atomic E-state index is 11.8. The van der Waals surface area contributed by atoms with E-state index in [4.69, 9.17) is 0 Å². The molecule has 1 heterocycles. The van der Waals surface area contributed by atoms with Crippen molar-refractivity contribution in [3.05, 3.63) is 17.0 Å². The summed E-state index contributed by atoms with van der Waals surface area (Å²) >= 11 is 0. The lowest BCUT2D eigenvalue weighted by Crippen LogP contribution is -2.31. The van der Waals surface area contributed by atoms with E-state index in [9.17, 15) is 4.79 Å². The Morgan fingerprint density at radius 1 is 1.28 bits per heavy atom. The molecular formula is C14H25N3O. The number of hydrogen-bond donors (Lipinski definition) is 1. The highest BCUT2D eigenvalue weighted by Gasteiger charge is 2.15. The van der Waals surface area contributed by atoms with Gasteiger partial charge in [0.25, 0.3) is 0 Å². The average Bonchev–Trinajstić information content (AvgIpc) is 2.44. The second-order valence-corrected chi connectivity index (χ2v) is 5.62. The van der Waals surface area contributed by atoms with Crippen LogP contribution in [-0.2, 0) is 17.8 Å². The molecule has 0 fully saturated rings. The van der Waals surface area contributed by atoms with Crippen molar-refractivity contribution >= 4 is 5.91 Å². The first-order valence-corrected chi connectivity index (χ1v) is 6.63. The summed E-state index contributed by atoms with van der Waals surface area (Å²) in [5.41, 5.74) is 3.14. The molecule has 1 aromatic heterocycles. The summed E-state index contributed by atoms with van der Waals surface area (Å²) < 4.78 is 2.01. The number of nitrogens with one attached hydrogen (secondary N) is 1. The Hall–Kier alpha value is -1.32. The van der Waals surface area contributed by atoms with Crippen molar-refractivity contribution in [3.63, 3.8) is 0 Å². The van der Waals surface area contributed by atoms with Crippen molar-refractivity contribution < 1.29 is 4.79 Å². The molecule has 0 unspecified atom stereocenters. The van der Waals surface area contributed by atoms with Crippen LogP contribution in [0.3, 0.4) is 0 Å². The normalized spacial score (nSPS) is 11.3. The zero-order valence-corrected chi connectivity index (χ0v) is 12.4. The summed E-state index contributed by atoms with van der Waals surface area (Å²) in [6, 6.07) is 0.184. The van der Waals surface area contributed by atoms with Crippen LogP contribution in [0.1, 0.15) is 44.6 Å². The van der Waals surface area contributed by atoms with Crippen molar-refractivity contribution in [2.75, 3.05) is 0 Å². The molecule has 1 aromatic rings. The molecule has 0 aromatic carbocycles. The summed E-state index contributed by atoms with van der Waals surface area (Å²) in [6.45, 7) is 13.2. The number of amides is 1. The van der Waals surface area contributed by atoms with E-state index < -0.39 is 0 Å². The SMILES string of the molecule is Cc1nn(CC(C)C)c(C)c1CC(=O)NC(C)C. The number of rotatable bonds is 5. The highest BCUT2D eigenvalue weighted by Crippen LogP contribution is 2.15. The zero-order valence-electron chi connectivity index (χ0n) is 12.4. The maximum atomic E-state index is 11.8. The molecule has 0 atom stereocenters. The Kier molecular flexibility index (Phi) is 4.93. The standard InChI is InChI=1S/C14H25N3O/c1-9(2)8-17-12(6)13(11(5)16-17)7-14(18)15-10(3)4/h9-10H,7-8H2,1-6H3,(H,15,18). The van der Waals surface area contributed by atoms with Crippen LogP contribution in [-0.4, -0.2) is 21.7 Å². The van der Waals surface area contributed by atoms with Crippen LogP contribution >= 0.6 is 0 Å². The first kappa shape index (κ1) is 14.7. The van der Waals surface area contributed by atoms with Crippen LogP contribution < -0.4 is 5.32 Å². The van der Waals surface area contributed by atoms with E-state index in [0.717, 1.165) is 23.5 Å². The van der Waals surface area contributed by atoms with E-state index in [2.05, 4.69) is 24.3 Å². The minimum absolute atomic E-state index is 0.0697. The van der Waals surface area contributed by atoms with Crippen molar-refractivity contribution in [1.29, 1.82) is 0 Å². The van der Waals surface area contributed by atoms with Gasteiger partial charge in [-0.25, -0.2) is 0 Å². The number of carbonyl (C=O) groups excluding carboxylic acids is 1. The fourth-order valence-electron chi connectivity index (χ4n) is 2.05. The van der Waals surface area contributed by atoms with Gasteiger partial charge >= 0.3 is 0 Å².